The molecule has 0 aromatic rings. The molecule has 0 aromatic carbocycles. The Morgan fingerprint density at radius 1 is 1.17 bits per heavy atom. The summed E-state index contributed by atoms with van der Waals surface area (Å²) in [5.41, 5.74) is 0. The van der Waals surface area contributed by atoms with Gasteiger partial charge in [-0.25, -0.2) is 0 Å². The van der Waals surface area contributed by atoms with E-state index in [-0.39, 0.29) is 12.2 Å². The minimum atomic E-state index is -0.359. The molecule has 0 unspecified atom stereocenters. The molecule has 0 heterocycles. The molecule has 2 nitrogen and oxygen atoms in total. The summed E-state index contributed by atoms with van der Waals surface area (Å²) in [6.07, 6.45) is 6.03. The van der Waals surface area contributed by atoms with Gasteiger partial charge in [0.1, 0.15) is 0 Å². The molecule has 0 bridgehead atoms. The maximum absolute atomic E-state index is 9.68. The first-order chi connectivity index (χ1) is 5.70. The highest BCUT2D eigenvalue weighted by Crippen LogP contribution is 2.28. The fourth-order valence-electron chi connectivity index (χ4n) is 2.06. The quantitative estimate of drug-likeness (QED) is 0.680. The Kier molecular flexibility index (Phi) is 4.02. The monoisotopic (exact) mass is 172 g/mol. The highest BCUT2D eigenvalue weighted by atomic mass is 16.3. The zero-order chi connectivity index (χ0) is 8.97. The lowest BCUT2D eigenvalue weighted by molar-refractivity contribution is 0.0368. The summed E-state index contributed by atoms with van der Waals surface area (Å²) >= 11 is 0. The Bertz CT molecular complexity index is 117. The van der Waals surface area contributed by atoms with Crippen LogP contribution in [0.5, 0.6) is 0 Å². The number of hydrogen-bond acceptors (Lipinski definition) is 2. The second-order valence-corrected chi connectivity index (χ2v) is 4.05. The normalized spacial score (nSPS) is 25.2. The Morgan fingerprint density at radius 3 is 2.25 bits per heavy atom. The zero-order valence-electron chi connectivity index (χ0n) is 7.87. The van der Waals surface area contributed by atoms with Crippen molar-refractivity contribution in [1.29, 1.82) is 0 Å². The van der Waals surface area contributed by atoms with Crippen LogP contribution in [-0.2, 0) is 0 Å². The van der Waals surface area contributed by atoms with Crippen LogP contribution in [0.25, 0.3) is 0 Å². The van der Waals surface area contributed by atoms with Crippen LogP contribution in [0.3, 0.4) is 0 Å². The van der Waals surface area contributed by atoms with E-state index in [2.05, 4.69) is 0 Å². The van der Waals surface area contributed by atoms with Crippen LogP contribution >= 0.6 is 0 Å². The Hall–Kier alpha value is -0.0800. The maximum atomic E-state index is 9.68. The molecule has 12 heavy (non-hydrogen) atoms. The van der Waals surface area contributed by atoms with Crippen molar-refractivity contribution < 1.29 is 10.2 Å². The lowest BCUT2D eigenvalue weighted by atomic mass is 9.83. The van der Waals surface area contributed by atoms with Crippen LogP contribution in [0.1, 0.15) is 45.4 Å². The first kappa shape index (κ1) is 10.0. The van der Waals surface area contributed by atoms with E-state index in [4.69, 9.17) is 5.11 Å². The average Bonchev–Trinajstić information content (AvgIpc) is 2.05. The van der Waals surface area contributed by atoms with E-state index < -0.39 is 0 Å². The van der Waals surface area contributed by atoms with Gasteiger partial charge in [-0.2, -0.15) is 0 Å². The first-order valence-electron chi connectivity index (χ1n) is 5.06. The third-order valence-corrected chi connectivity index (χ3v) is 2.78. The van der Waals surface area contributed by atoms with Gasteiger partial charge in [0, 0.05) is 0 Å². The van der Waals surface area contributed by atoms with E-state index in [0.29, 0.717) is 12.3 Å². The van der Waals surface area contributed by atoms with Crippen molar-refractivity contribution in [2.45, 2.75) is 57.7 Å². The van der Waals surface area contributed by atoms with Gasteiger partial charge in [0.25, 0.3) is 0 Å². The minimum absolute atomic E-state index is 0.273. The molecule has 2 atom stereocenters. The van der Waals surface area contributed by atoms with Gasteiger partial charge in [-0.1, -0.05) is 19.3 Å². The molecule has 0 amide bonds. The Balaban J connectivity index is 2.24. The van der Waals surface area contributed by atoms with Gasteiger partial charge in [0.2, 0.25) is 0 Å². The molecule has 1 aliphatic rings. The van der Waals surface area contributed by atoms with Crippen LogP contribution in [0.4, 0.5) is 0 Å². The van der Waals surface area contributed by atoms with Crippen LogP contribution in [0.2, 0.25) is 0 Å². The molecule has 1 saturated carbocycles. The van der Waals surface area contributed by atoms with E-state index in [0.717, 1.165) is 12.8 Å². The molecular formula is C10H20O2. The van der Waals surface area contributed by atoms with Crippen molar-refractivity contribution in [3.05, 3.63) is 0 Å². The van der Waals surface area contributed by atoms with E-state index in [9.17, 15) is 5.11 Å². The van der Waals surface area contributed by atoms with Crippen LogP contribution < -0.4 is 0 Å². The van der Waals surface area contributed by atoms with Crippen LogP contribution in [-0.4, -0.2) is 22.4 Å². The second kappa shape index (κ2) is 4.83. The summed E-state index contributed by atoms with van der Waals surface area (Å²) in [6, 6.07) is 0. The molecule has 1 rings (SSSR count). The molecule has 1 aliphatic carbocycles. The average molecular weight is 172 g/mol. The van der Waals surface area contributed by atoms with Crippen molar-refractivity contribution in [3.63, 3.8) is 0 Å². The van der Waals surface area contributed by atoms with Gasteiger partial charge in [-0.15, -0.1) is 0 Å². The van der Waals surface area contributed by atoms with E-state index in [1.165, 1.54) is 19.3 Å². The summed E-state index contributed by atoms with van der Waals surface area (Å²) in [7, 11) is 0. The number of rotatable bonds is 3. The summed E-state index contributed by atoms with van der Waals surface area (Å²) in [5, 5.41) is 18.8. The van der Waals surface area contributed by atoms with Crippen molar-refractivity contribution in [1.82, 2.24) is 0 Å². The highest BCUT2D eigenvalue weighted by Gasteiger charge is 2.22. The van der Waals surface area contributed by atoms with Gasteiger partial charge in [0.15, 0.2) is 0 Å². The fourth-order valence-corrected chi connectivity index (χ4v) is 2.06. The summed E-state index contributed by atoms with van der Waals surface area (Å²) in [4.78, 5) is 0. The highest BCUT2D eigenvalue weighted by molar-refractivity contribution is 4.74. The summed E-state index contributed by atoms with van der Waals surface area (Å²) < 4.78 is 0. The fraction of sp³-hybridized carbons (Fsp3) is 1.00. The molecule has 0 spiro atoms. The summed E-state index contributed by atoms with van der Waals surface area (Å²) in [6.45, 7) is 1.74. The van der Waals surface area contributed by atoms with Gasteiger partial charge >= 0.3 is 0 Å². The third kappa shape index (κ3) is 3.11. The minimum Gasteiger partial charge on any atom is -0.393 e. The van der Waals surface area contributed by atoms with Crippen molar-refractivity contribution >= 4 is 0 Å². The second-order valence-electron chi connectivity index (χ2n) is 4.05. The molecule has 2 heteroatoms. The molecular weight excluding hydrogens is 152 g/mol. The zero-order valence-corrected chi connectivity index (χ0v) is 7.87. The smallest absolute Gasteiger partial charge is 0.0592 e. The Labute approximate surface area is 74.6 Å². The van der Waals surface area contributed by atoms with Gasteiger partial charge < -0.3 is 10.2 Å². The number of aliphatic hydroxyl groups is 2. The topological polar surface area (TPSA) is 40.5 Å². The van der Waals surface area contributed by atoms with E-state index in [1.807, 2.05) is 0 Å². The first-order valence-corrected chi connectivity index (χ1v) is 5.06. The Morgan fingerprint density at radius 2 is 1.75 bits per heavy atom. The molecule has 0 aromatic heterocycles. The molecule has 2 N–H and O–H groups in total. The SMILES string of the molecule is C[C@@H](O)C[C@@H](O)C1CCCCC1. The molecule has 1 fully saturated rings. The van der Waals surface area contributed by atoms with Gasteiger partial charge in [-0.3, -0.25) is 0 Å². The molecule has 72 valence electrons. The van der Waals surface area contributed by atoms with Crippen LogP contribution in [0, 0.1) is 5.92 Å². The molecule has 0 radical (unpaired) electrons. The summed E-state index contributed by atoms with van der Waals surface area (Å²) in [5.74, 6) is 0.452. The largest absolute Gasteiger partial charge is 0.393 e. The standard InChI is InChI=1S/C10H20O2/c1-8(11)7-10(12)9-5-3-2-4-6-9/h8-12H,2-7H2,1H3/t8-,10-/m1/s1. The number of hydrogen-bond donors (Lipinski definition) is 2. The maximum Gasteiger partial charge on any atom is 0.0592 e. The molecule has 0 saturated heterocycles. The van der Waals surface area contributed by atoms with Crippen LogP contribution in [0.15, 0.2) is 0 Å². The van der Waals surface area contributed by atoms with Gasteiger partial charge in [0.05, 0.1) is 12.2 Å². The predicted molar refractivity (Wildman–Crippen MR) is 48.9 cm³/mol. The van der Waals surface area contributed by atoms with E-state index >= 15 is 0 Å². The van der Waals surface area contributed by atoms with Crippen molar-refractivity contribution in [2.24, 2.45) is 5.92 Å². The number of aliphatic hydroxyl groups excluding tert-OH is 2. The van der Waals surface area contributed by atoms with Gasteiger partial charge in [-0.05, 0) is 32.1 Å². The predicted octanol–water partition coefficient (Wildman–Crippen LogP) is 1.70. The third-order valence-electron chi connectivity index (χ3n) is 2.78. The van der Waals surface area contributed by atoms with Crippen molar-refractivity contribution in [3.8, 4) is 0 Å². The lowest BCUT2D eigenvalue weighted by Gasteiger charge is -2.27. The molecule has 0 aliphatic heterocycles. The van der Waals surface area contributed by atoms with Crippen molar-refractivity contribution in [2.75, 3.05) is 0 Å². The van der Waals surface area contributed by atoms with E-state index in [1.54, 1.807) is 6.92 Å². The lowest BCUT2D eigenvalue weighted by Crippen LogP contribution is -2.26.